The number of anilines is 2. The van der Waals surface area contributed by atoms with Crippen LogP contribution in [0.4, 0.5) is 16.3 Å². The number of carbonyl (C=O) groups is 1. The maximum atomic E-state index is 12.2. The highest BCUT2D eigenvalue weighted by Gasteiger charge is 2.32. The van der Waals surface area contributed by atoms with Gasteiger partial charge in [-0.15, -0.1) is 0 Å². The van der Waals surface area contributed by atoms with Crippen LogP contribution in [0.2, 0.25) is 0 Å². The number of amides is 2. The summed E-state index contributed by atoms with van der Waals surface area (Å²) in [6, 6.07) is 8.81. The van der Waals surface area contributed by atoms with E-state index in [0.717, 1.165) is 62.2 Å². The van der Waals surface area contributed by atoms with Gasteiger partial charge in [0.15, 0.2) is 5.82 Å². The number of fused-ring (bicyclic) bond motifs is 1. The molecule has 8 nitrogen and oxygen atoms in total. The van der Waals surface area contributed by atoms with Crippen molar-refractivity contribution in [3.05, 3.63) is 35.5 Å². The van der Waals surface area contributed by atoms with E-state index in [1.165, 1.54) is 36.9 Å². The van der Waals surface area contributed by atoms with Gasteiger partial charge in [0.05, 0.1) is 53.5 Å². The molecule has 1 saturated carbocycles. The maximum Gasteiger partial charge on any atom is 0.330 e. The predicted molar refractivity (Wildman–Crippen MR) is 147 cm³/mol. The molecule has 9 heteroatoms. The highest BCUT2D eigenvalue weighted by atomic mass is 127. The van der Waals surface area contributed by atoms with Gasteiger partial charge in [-0.3, -0.25) is 4.90 Å². The van der Waals surface area contributed by atoms with Gasteiger partial charge in [-0.05, 0) is 57.4 Å². The van der Waals surface area contributed by atoms with Crippen LogP contribution in [0, 0.1) is 0 Å². The van der Waals surface area contributed by atoms with Crippen molar-refractivity contribution in [3.63, 3.8) is 0 Å². The molecule has 35 heavy (non-hydrogen) atoms. The summed E-state index contributed by atoms with van der Waals surface area (Å²) < 4.78 is 7.31. The molecule has 3 heterocycles. The average Bonchev–Trinajstić information content (AvgIpc) is 3.43. The number of nitrogens with one attached hydrogen (secondary N) is 1. The summed E-state index contributed by atoms with van der Waals surface area (Å²) in [5.74, 6) is 1.84. The third-order valence-corrected chi connectivity index (χ3v) is 8.41. The Kier molecular flexibility index (Phi) is 7.74. The van der Waals surface area contributed by atoms with Crippen LogP contribution < -0.4 is 13.3 Å². The first-order valence-corrected chi connectivity index (χ1v) is 13.8. The van der Waals surface area contributed by atoms with Gasteiger partial charge >= 0.3 is 6.03 Å². The number of hydrogen-bond acceptors (Lipinski definition) is 6. The minimum Gasteiger partial charge on any atom is -0.377 e. The monoisotopic (exact) mass is 590 g/mol. The van der Waals surface area contributed by atoms with Crippen LogP contribution in [0.5, 0.6) is 0 Å². The zero-order valence-electron chi connectivity index (χ0n) is 20.7. The molecule has 2 aromatic rings. The van der Waals surface area contributed by atoms with Crippen molar-refractivity contribution in [2.24, 2.45) is 0 Å². The van der Waals surface area contributed by atoms with E-state index in [9.17, 15) is 4.79 Å². The normalized spacial score (nSPS) is 21.1. The Bertz CT molecular complexity index is 1040. The molecule has 188 valence electrons. The molecule has 1 atom stereocenters. The molecule has 3 aliphatic rings. The van der Waals surface area contributed by atoms with E-state index in [4.69, 9.17) is 14.7 Å². The third kappa shape index (κ3) is 5.27. The second-order valence-corrected chi connectivity index (χ2v) is 10.7. The van der Waals surface area contributed by atoms with Crippen molar-refractivity contribution < 1.29 is 9.53 Å². The van der Waals surface area contributed by atoms with Gasteiger partial charge < -0.3 is 15.0 Å². The molecule has 2 amide bonds. The Morgan fingerprint density at radius 3 is 2.69 bits per heavy atom. The maximum absolute atomic E-state index is 12.2. The second-order valence-electron chi connectivity index (χ2n) is 9.74. The van der Waals surface area contributed by atoms with E-state index in [2.05, 4.69) is 22.0 Å². The molecule has 0 radical (unpaired) electrons. The average molecular weight is 591 g/mol. The van der Waals surface area contributed by atoms with Crippen molar-refractivity contribution in [2.45, 2.75) is 64.6 Å². The first-order valence-electron chi connectivity index (χ1n) is 12.9. The molecule has 0 spiro atoms. The summed E-state index contributed by atoms with van der Waals surface area (Å²) >= 11 is 2.03. The van der Waals surface area contributed by atoms with Crippen molar-refractivity contribution >= 4 is 40.4 Å². The van der Waals surface area contributed by atoms with Gasteiger partial charge in [0.1, 0.15) is 5.82 Å². The molecule has 1 unspecified atom stereocenters. The van der Waals surface area contributed by atoms with Gasteiger partial charge in [0, 0.05) is 43.3 Å². The zero-order valence-corrected chi connectivity index (χ0v) is 22.8. The number of aromatic nitrogens is 2. The lowest BCUT2D eigenvalue weighted by molar-refractivity contribution is 0.0982. The van der Waals surface area contributed by atoms with Crippen LogP contribution in [-0.2, 0) is 17.7 Å². The van der Waals surface area contributed by atoms with Crippen LogP contribution >= 0.6 is 22.9 Å². The van der Waals surface area contributed by atoms with E-state index < -0.39 is 0 Å². The molecular formula is C26H35IN6O2. The lowest BCUT2D eigenvalue weighted by Crippen LogP contribution is -2.46. The highest BCUT2D eigenvalue weighted by Crippen LogP contribution is 2.34. The van der Waals surface area contributed by atoms with Crippen molar-refractivity contribution in [2.75, 3.05) is 40.9 Å². The molecule has 1 aromatic carbocycles. The van der Waals surface area contributed by atoms with E-state index >= 15 is 0 Å². The van der Waals surface area contributed by atoms with Crippen LogP contribution in [0.25, 0.3) is 11.4 Å². The minimum absolute atomic E-state index is 0.124. The number of hydrogen-bond donors (Lipinski definition) is 1. The number of ether oxygens (including phenoxy) is 1. The zero-order chi connectivity index (χ0) is 24.4. The fourth-order valence-electron chi connectivity index (χ4n) is 5.50. The number of urea groups is 1. The third-order valence-electron chi connectivity index (χ3n) is 7.41. The van der Waals surface area contributed by atoms with E-state index in [0.29, 0.717) is 12.6 Å². The van der Waals surface area contributed by atoms with Gasteiger partial charge in [0.2, 0.25) is 0 Å². The molecule has 1 N–H and O–H groups in total. The number of nitrogens with zero attached hydrogens (tertiary/aromatic N) is 5. The number of halogens is 1. The topological polar surface area (TPSA) is 73.8 Å². The van der Waals surface area contributed by atoms with Crippen molar-refractivity contribution in [3.8, 4) is 11.4 Å². The first-order chi connectivity index (χ1) is 17.0. The molecular weight excluding hydrogens is 555 g/mol. The summed E-state index contributed by atoms with van der Waals surface area (Å²) in [5.41, 5.74) is 4.27. The Hall–Kier alpha value is -1.98. The highest BCUT2D eigenvalue weighted by molar-refractivity contribution is 14.1. The summed E-state index contributed by atoms with van der Waals surface area (Å²) in [7, 11) is 0. The van der Waals surface area contributed by atoms with Gasteiger partial charge in [-0.25, -0.2) is 17.9 Å². The van der Waals surface area contributed by atoms with Gasteiger partial charge in [0.25, 0.3) is 0 Å². The van der Waals surface area contributed by atoms with Crippen molar-refractivity contribution in [1.82, 2.24) is 20.2 Å². The quantitative estimate of drug-likeness (QED) is 0.407. The molecule has 0 bridgehead atoms. The van der Waals surface area contributed by atoms with E-state index in [-0.39, 0.29) is 12.1 Å². The largest absolute Gasteiger partial charge is 0.377 e. The Labute approximate surface area is 221 Å². The molecule has 5 rings (SSSR count). The molecule has 1 saturated heterocycles. The van der Waals surface area contributed by atoms with E-state index in [1.54, 1.807) is 3.11 Å². The summed E-state index contributed by atoms with van der Waals surface area (Å²) in [6.07, 6.45) is 6.30. The van der Waals surface area contributed by atoms with Crippen LogP contribution in [-0.4, -0.2) is 65.8 Å². The molecule has 1 aliphatic carbocycles. The van der Waals surface area contributed by atoms with Crippen molar-refractivity contribution in [1.29, 1.82) is 0 Å². The minimum atomic E-state index is -0.124. The van der Waals surface area contributed by atoms with E-state index in [1.807, 2.05) is 54.1 Å². The molecule has 1 aromatic heterocycles. The Morgan fingerprint density at radius 2 is 1.97 bits per heavy atom. The number of morpholine rings is 1. The number of benzene rings is 1. The summed E-state index contributed by atoms with van der Waals surface area (Å²) in [4.78, 5) is 27.5. The summed E-state index contributed by atoms with van der Waals surface area (Å²) in [6.45, 7) is 9.02. The fourth-order valence-corrected chi connectivity index (χ4v) is 5.99. The fraction of sp³-hybridized carbons (Fsp3) is 0.577. The SMILES string of the molecule is CCNC(=O)N(I)c1ccc(-c2nc3c(c(N4CCOCC4C)n2)CCN(C2CCCC2)C3)cc1. The standard InChI is InChI=1S/C26H35IN6O2/c1-3-28-26(34)33(27)21-10-8-19(9-11-21)24-29-23-16-31(20-6-4-5-7-20)13-12-22(23)25(30-24)32-14-15-35-17-18(32)2/h8-11,18,20H,3-7,12-17H2,1-2H3,(H,28,34). The molecule has 2 aliphatic heterocycles. The summed E-state index contributed by atoms with van der Waals surface area (Å²) in [5, 5.41) is 2.83. The lowest BCUT2D eigenvalue weighted by atomic mass is 10.0. The number of rotatable bonds is 5. The smallest absolute Gasteiger partial charge is 0.330 e. The van der Waals surface area contributed by atoms with Gasteiger partial charge in [-0.2, -0.15) is 0 Å². The van der Waals surface area contributed by atoms with Crippen LogP contribution in [0.1, 0.15) is 50.8 Å². The lowest BCUT2D eigenvalue weighted by Gasteiger charge is -2.39. The predicted octanol–water partition coefficient (Wildman–Crippen LogP) is 4.56. The van der Waals surface area contributed by atoms with Crippen LogP contribution in [0.3, 0.4) is 0 Å². The Morgan fingerprint density at radius 1 is 1.20 bits per heavy atom. The second kappa shape index (κ2) is 11.0. The Balaban J connectivity index is 1.48. The van der Waals surface area contributed by atoms with Crippen LogP contribution in [0.15, 0.2) is 24.3 Å². The molecule has 2 fully saturated rings. The van der Waals surface area contributed by atoms with Gasteiger partial charge in [-0.1, -0.05) is 12.8 Å². The number of carbonyl (C=O) groups excluding carboxylic acids is 1. The first kappa shape index (κ1) is 24.7.